The van der Waals surface area contributed by atoms with E-state index in [0.717, 1.165) is 5.56 Å². The van der Waals surface area contributed by atoms with Gasteiger partial charge >= 0.3 is 6.03 Å². The molecule has 5 nitrogen and oxygen atoms in total. The standard InChI is InChI=1S/C15H14N4O/c1-10-5-6-14(13(17)7-10)19-15(20)18-12-4-2-3-11(8-12)9-16/h2-8H,17H2,1H3,(H2,18,19,20). The molecule has 2 amide bonds. The summed E-state index contributed by atoms with van der Waals surface area (Å²) in [5.74, 6) is 0. The zero-order chi connectivity index (χ0) is 14.5. The van der Waals surface area contributed by atoms with Crippen molar-refractivity contribution in [2.45, 2.75) is 6.92 Å². The predicted octanol–water partition coefficient (Wildman–Crippen LogP) is 3.09. The maximum Gasteiger partial charge on any atom is 0.323 e. The highest BCUT2D eigenvalue weighted by Crippen LogP contribution is 2.19. The molecular weight excluding hydrogens is 252 g/mol. The van der Waals surface area contributed by atoms with Gasteiger partial charge in [-0.15, -0.1) is 0 Å². The second-order valence-electron chi connectivity index (χ2n) is 4.36. The fraction of sp³-hybridized carbons (Fsp3) is 0.0667. The van der Waals surface area contributed by atoms with Crippen LogP contribution < -0.4 is 16.4 Å². The van der Waals surface area contributed by atoms with E-state index in [1.807, 2.05) is 19.1 Å². The molecule has 5 heteroatoms. The van der Waals surface area contributed by atoms with Crippen molar-refractivity contribution in [3.8, 4) is 6.07 Å². The molecule has 2 aromatic rings. The maximum atomic E-state index is 11.9. The molecule has 0 aliphatic rings. The van der Waals surface area contributed by atoms with Gasteiger partial charge in [0, 0.05) is 5.69 Å². The summed E-state index contributed by atoms with van der Waals surface area (Å²) in [6.45, 7) is 1.92. The van der Waals surface area contributed by atoms with Crippen molar-refractivity contribution in [3.05, 3.63) is 53.6 Å². The molecule has 0 aliphatic carbocycles. The Hall–Kier alpha value is -3.00. The molecule has 0 fully saturated rings. The SMILES string of the molecule is Cc1ccc(NC(=O)Nc2cccc(C#N)c2)c(N)c1. The number of nitrogens with zero attached hydrogens (tertiary/aromatic N) is 1. The van der Waals surface area contributed by atoms with Crippen molar-refractivity contribution in [1.29, 1.82) is 5.26 Å². The average Bonchev–Trinajstić information content (AvgIpc) is 2.42. The number of rotatable bonds is 2. The van der Waals surface area contributed by atoms with Crippen molar-refractivity contribution in [2.75, 3.05) is 16.4 Å². The number of nitrogen functional groups attached to an aromatic ring is 1. The summed E-state index contributed by atoms with van der Waals surface area (Å²) in [6, 6.07) is 13.7. The van der Waals surface area contributed by atoms with Crippen LogP contribution in [0.2, 0.25) is 0 Å². The van der Waals surface area contributed by atoms with Gasteiger partial charge in [-0.2, -0.15) is 5.26 Å². The van der Waals surface area contributed by atoms with Gasteiger partial charge in [-0.05, 0) is 42.8 Å². The van der Waals surface area contributed by atoms with Crippen molar-refractivity contribution in [3.63, 3.8) is 0 Å². The number of hydrogen-bond donors (Lipinski definition) is 3. The van der Waals surface area contributed by atoms with Gasteiger partial charge in [0.25, 0.3) is 0 Å². The quantitative estimate of drug-likeness (QED) is 0.729. The first kappa shape index (κ1) is 13.4. The number of nitrogens with one attached hydrogen (secondary N) is 2. The number of aryl methyl sites for hydroxylation is 1. The molecule has 0 atom stereocenters. The van der Waals surface area contributed by atoms with Crippen LogP contribution in [0, 0.1) is 18.3 Å². The van der Waals surface area contributed by atoms with E-state index in [-0.39, 0.29) is 0 Å². The molecule has 4 N–H and O–H groups in total. The normalized spacial score (nSPS) is 9.60. The third-order valence-corrected chi connectivity index (χ3v) is 2.70. The molecule has 20 heavy (non-hydrogen) atoms. The van der Waals surface area contributed by atoms with Crippen molar-refractivity contribution < 1.29 is 4.79 Å². The maximum absolute atomic E-state index is 11.9. The molecule has 0 spiro atoms. The lowest BCUT2D eigenvalue weighted by Crippen LogP contribution is -2.20. The Bertz CT molecular complexity index is 689. The van der Waals surface area contributed by atoms with Gasteiger partial charge < -0.3 is 16.4 Å². The summed E-state index contributed by atoms with van der Waals surface area (Å²) >= 11 is 0. The van der Waals surface area contributed by atoms with Crippen LogP contribution in [0.4, 0.5) is 21.9 Å². The highest BCUT2D eigenvalue weighted by molar-refractivity contribution is 6.01. The van der Waals surface area contributed by atoms with E-state index in [4.69, 9.17) is 11.0 Å². The van der Waals surface area contributed by atoms with E-state index in [0.29, 0.717) is 22.6 Å². The third-order valence-electron chi connectivity index (χ3n) is 2.70. The number of hydrogen-bond acceptors (Lipinski definition) is 3. The van der Waals surface area contributed by atoms with Crippen LogP contribution in [0.1, 0.15) is 11.1 Å². The van der Waals surface area contributed by atoms with E-state index >= 15 is 0 Å². The van der Waals surface area contributed by atoms with Crippen LogP contribution in [0.3, 0.4) is 0 Å². The Labute approximate surface area is 117 Å². The van der Waals surface area contributed by atoms with Gasteiger partial charge in [0.2, 0.25) is 0 Å². The van der Waals surface area contributed by atoms with Crippen LogP contribution in [0.15, 0.2) is 42.5 Å². The minimum atomic E-state index is -0.407. The highest BCUT2D eigenvalue weighted by Gasteiger charge is 2.05. The second kappa shape index (κ2) is 5.76. The first-order valence-corrected chi connectivity index (χ1v) is 6.03. The monoisotopic (exact) mass is 266 g/mol. The van der Waals surface area contributed by atoms with Crippen LogP contribution >= 0.6 is 0 Å². The molecule has 0 saturated heterocycles. The lowest BCUT2D eigenvalue weighted by Gasteiger charge is -2.10. The summed E-state index contributed by atoms with van der Waals surface area (Å²) in [5.41, 5.74) is 8.93. The Morgan fingerprint density at radius 2 is 2.00 bits per heavy atom. The van der Waals surface area contributed by atoms with Crippen LogP contribution in [0.5, 0.6) is 0 Å². The van der Waals surface area contributed by atoms with Gasteiger partial charge in [0.1, 0.15) is 0 Å². The highest BCUT2D eigenvalue weighted by atomic mass is 16.2. The third kappa shape index (κ3) is 3.27. The molecule has 0 aliphatic heterocycles. The fourth-order valence-electron chi connectivity index (χ4n) is 1.75. The first-order chi connectivity index (χ1) is 9.58. The van der Waals surface area contributed by atoms with Crippen LogP contribution in [-0.4, -0.2) is 6.03 Å². The molecule has 0 aromatic heterocycles. The molecule has 0 saturated carbocycles. The predicted molar refractivity (Wildman–Crippen MR) is 79.4 cm³/mol. The average molecular weight is 266 g/mol. The fourth-order valence-corrected chi connectivity index (χ4v) is 1.75. The zero-order valence-electron chi connectivity index (χ0n) is 11.0. The second-order valence-corrected chi connectivity index (χ2v) is 4.36. The van der Waals surface area contributed by atoms with E-state index in [9.17, 15) is 4.79 Å². The van der Waals surface area contributed by atoms with E-state index in [1.165, 1.54) is 0 Å². The lowest BCUT2D eigenvalue weighted by atomic mass is 10.2. The molecular formula is C15H14N4O. The van der Waals surface area contributed by atoms with Crippen molar-refractivity contribution in [2.24, 2.45) is 0 Å². The molecule has 0 bridgehead atoms. The molecule has 0 heterocycles. The number of anilines is 3. The Morgan fingerprint density at radius 3 is 2.70 bits per heavy atom. The van der Waals surface area contributed by atoms with Gasteiger partial charge in [0.15, 0.2) is 0 Å². The molecule has 2 aromatic carbocycles. The van der Waals surface area contributed by atoms with Gasteiger partial charge in [-0.3, -0.25) is 0 Å². The molecule has 0 unspecified atom stereocenters. The smallest absolute Gasteiger partial charge is 0.323 e. The van der Waals surface area contributed by atoms with E-state index < -0.39 is 6.03 Å². The lowest BCUT2D eigenvalue weighted by molar-refractivity contribution is 0.262. The molecule has 2 rings (SSSR count). The Kier molecular flexibility index (Phi) is 3.87. The number of benzene rings is 2. The Morgan fingerprint density at radius 1 is 1.20 bits per heavy atom. The van der Waals surface area contributed by atoms with Gasteiger partial charge in [-0.1, -0.05) is 12.1 Å². The summed E-state index contributed by atoms with van der Waals surface area (Å²) in [7, 11) is 0. The minimum Gasteiger partial charge on any atom is -0.397 e. The minimum absolute atomic E-state index is 0.407. The van der Waals surface area contributed by atoms with Gasteiger partial charge in [0.05, 0.1) is 23.0 Å². The zero-order valence-corrected chi connectivity index (χ0v) is 11.0. The van der Waals surface area contributed by atoms with E-state index in [1.54, 1.807) is 36.4 Å². The Balaban J connectivity index is 2.07. The van der Waals surface area contributed by atoms with Crippen LogP contribution in [0.25, 0.3) is 0 Å². The summed E-state index contributed by atoms with van der Waals surface area (Å²) in [6.07, 6.45) is 0. The number of carbonyl (C=O) groups is 1. The molecule has 0 radical (unpaired) electrons. The van der Waals surface area contributed by atoms with E-state index in [2.05, 4.69) is 10.6 Å². The van der Waals surface area contributed by atoms with Gasteiger partial charge in [-0.25, -0.2) is 4.79 Å². The van der Waals surface area contributed by atoms with Crippen molar-refractivity contribution >= 4 is 23.1 Å². The summed E-state index contributed by atoms with van der Waals surface area (Å²) in [5, 5.41) is 14.1. The molecule has 100 valence electrons. The topological polar surface area (TPSA) is 90.9 Å². The van der Waals surface area contributed by atoms with Crippen molar-refractivity contribution in [1.82, 2.24) is 0 Å². The number of nitrogens with two attached hydrogens (primary N) is 1. The summed E-state index contributed by atoms with van der Waals surface area (Å²) < 4.78 is 0. The van der Waals surface area contributed by atoms with Crippen LogP contribution in [-0.2, 0) is 0 Å². The summed E-state index contributed by atoms with van der Waals surface area (Å²) in [4.78, 5) is 11.9. The number of carbonyl (C=O) groups excluding carboxylic acids is 1. The number of nitriles is 1. The number of amides is 2. The number of urea groups is 1. The first-order valence-electron chi connectivity index (χ1n) is 6.03. The largest absolute Gasteiger partial charge is 0.397 e.